The maximum absolute atomic E-state index is 13.9. The fourth-order valence-electron chi connectivity index (χ4n) is 5.08. The van der Waals surface area contributed by atoms with Crippen LogP contribution in [0.1, 0.15) is 35.5 Å². The molecule has 3 aromatic heterocycles. The Balaban J connectivity index is 1.17. The first kappa shape index (κ1) is 26.0. The van der Waals surface area contributed by atoms with E-state index < -0.39 is 23.8 Å². The van der Waals surface area contributed by atoms with E-state index >= 15 is 0 Å². The van der Waals surface area contributed by atoms with E-state index in [0.717, 1.165) is 17.7 Å². The summed E-state index contributed by atoms with van der Waals surface area (Å²) in [5.41, 5.74) is 7.72. The zero-order valence-corrected chi connectivity index (χ0v) is 21.8. The Bertz CT molecular complexity index is 1580. The number of aliphatic hydroxyl groups excluding tert-OH is 1. The number of benzene rings is 1. The minimum atomic E-state index is -0.966. The summed E-state index contributed by atoms with van der Waals surface area (Å²) in [6, 6.07) is 8.79. The number of halogens is 2. The highest BCUT2D eigenvalue weighted by atomic mass is 19.2. The summed E-state index contributed by atoms with van der Waals surface area (Å²) in [4.78, 5) is 27.9. The van der Waals surface area contributed by atoms with Crippen LogP contribution >= 0.6 is 0 Å². The molecule has 40 heavy (non-hydrogen) atoms. The fraction of sp³-hybridized carbons (Fsp3) is 0.321. The van der Waals surface area contributed by atoms with Crippen LogP contribution in [0.15, 0.2) is 55.0 Å². The molecule has 206 valence electrons. The van der Waals surface area contributed by atoms with Crippen LogP contribution < -0.4 is 10.5 Å². The van der Waals surface area contributed by atoms with Crippen LogP contribution in [0.4, 0.5) is 8.78 Å². The maximum atomic E-state index is 13.9. The molecule has 4 aromatic rings. The Morgan fingerprint density at radius 2 is 1.85 bits per heavy atom. The molecule has 2 aliphatic rings. The van der Waals surface area contributed by atoms with Gasteiger partial charge in [-0.15, -0.1) is 0 Å². The third-order valence-corrected chi connectivity index (χ3v) is 7.35. The number of rotatable bonds is 7. The minimum Gasteiger partial charge on any atom is -0.474 e. The lowest BCUT2D eigenvalue weighted by Crippen LogP contribution is -2.33. The van der Waals surface area contributed by atoms with Crippen molar-refractivity contribution in [3.63, 3.8) is 0 Å². The summed E-state index contributed by atoms with van der Waals surface area (Å²) in [7, 11) is 0. The molecule has 10 nitrogen and oxygen atoms in total. The molecule has 1 saturated heterocycles. The van der Waals surface area contributed by atoms with Gasteiger partial charge in [-0.05, 0) is 49.7 Å². The number of aromatic nitrogens is 5. The molecule has 4 heterocycles. The molecule has 0 spiro atoms. The number of aliphatic hydroxyl groups is 1. The number of nitrogens with two attached hydrogens (primary N) is 1. The van der Waals surface area contributed by atoms with Gasteiger partial charge in [-0.1, -0.05) is 0 Å². The summed E-state index contributed by atoms with van der Waals surface area (Å²) >= 11 is 0. The third kappa shape index (κ3) is 4.80. The van der Waals surface area contributed by atoms with Gasteiger partial charge in [0, 0.05) is 60.7 Å². The van der Waals surface area contributed by atoms with Crippen LogP contribution in [0, 0.1) is 23.5 Å². The Morgan fingerprint density at radius 1 is 1.12 bits per heavy atom. The van der Waals surface area contributed by atoms with Crippen molar-refractivity contribution in [2.75, 3.05) is 13.1 Å². The van der Waals surface area contributed by atoms with E-state index in [-0.39, 0.29) is 29.5 Å². The molecule has 2 fully saturated rings. The third-order valence-electron chi connectivity index (χ3n) is 7.35. The minimum absolute atomic E-state index is 0.108. The van der Waals surface area contributed by atoms with Crippen molar-refractivity contribution >= 4 is 5.91 Å². The first-order chi connectivity index (χ1) is 19.1. The van der Waals surface area contributed by atoms with Crippen molar-refractivity contribution in [2.24, 2.45) is 17.6 Å². The molecule has 0 bridgehead atoms. The molecule has 1 aromatic carbocycles. The standard InChI is InChI=1S/C28H27F2N7O3/c1-28(2,31)16-9-22(15-4-5-20(29)21(30)8-15)34-24(10-16)40-25-17-11-36(12-18(17)25)26(39)19-13-37(35-23(19)14-38)27-32-6-3-7-33-27/h3-10,13,17-18,25,38H,11-12,14,31H2,1-2H3/t17-,18?,25+/m1/s1. The second-order valence-corrected chi connectivity index (χ2v) is 10.7. The molecule has 1 aliphatic heterocycles. The van der Waals surface area contributed by atoms with Crippen LogP contribution in [0.5, 0.6) is 5.88 Å². The lowest BCUT2D eigenvalue weighted by molar-refractivity contribution is 0.0748. The summed E-state index contributed by atoms with van der Waals surface area (Å²) in [5.74, 6) is -1.29. The number of likely N-dealkylation sites (tertiary alicyclic amines) is 1. The van der Waals surface area contributed by atoms with Crippen molar-refractivity contribution < 1.29 is 23.4 Å². The zero-order valence-electron chi connectivity index (χ0n) is 21.8. The molecule has 1 unspecified atom stereocenters. The van der Waals surface area contributed by atoms with Gasteiger partial charge in [-0.2, -0.15) is 5.10 Å². The molecule has 12 heteroatoms. The average molecular weight is 548 g/mol. The lowest BCUT2D eigenvalue weighted by atomic mass is 9.95. The van der Waals surface area contributed by atoms with E-state index in [9.17, 15) is 18.7 Å². The van der Waals surface area contributed by atoms with E-state index in [1.54, 1.807) is 35.5 Å². The number of carbonyl (C=O) groups excluding carboxylic acids is 1. The van der Waals surface area contributed by atoms with Crippen LogP contribution in [0.2, 0.25) is 0 Å². The fourth-order valence-corrected chi connectivity index (χ4v) is 5.08. The second-order valence-electron chi connectivity index (χ2n) is 10.7. The number of hydrogen-bond acceptors (Lipinski definition) is 8. The van der Waals surface area contributed by atoms with Crippen molar-refractivity contribution in [1.29, 1.82) is 0 Å². The van der Waals surface area contributed by atoms with Gasteiger partial charge in [-0.25, -0.2) is 28.4 Å². The summed E-state index contributed by atoms with van der Waals surface area (Å²) in [6.07, 6.45) is 4.52. The van der Waals surface area contributed by atoms with Crippen molar-refractivity contribution in [3.8, 4) is 23.1 Å². The van der Waals surface area contributed by atoms with Crippen molar-refractivity contribution in [3.05, 3.63) is 83.4 Å². The first-order valence-corrected chi connectivity index (χ1v) is 12.8. The van der Waals surface area contributed by atoms with Gasteiger partial charge in [0.2, 0.25) is 11.8 Å². The number of hydrogen-bond donors (Lipinski definition) is 2. The van der Waals surface area contributed by atoms with E-state index in [1.807, 2.05) is 13.8 Å². The largest absolute Gasteiger partial charge is 0.474 e. The maximum Gasteiger partial charge on any atom is 0.257 e. The van der Waals surface area contributed by atoms with Crippen LogP contribution in [-0.4, -0.2) is 59.8 Å². The Kier molecular flexibility index (Phi) is 6.31. The van der Waals surface area contributed by atoms with E-state index in [0.29, 0.717) is 41.7 Å². The number of carbonyl (C=O) groups is 1. The van der Waals surface area contributed by atoms with Crippen molar-refractivity contribution in [2.45, 2.75) is 32.1 Å². The van der Waals surface area contributed by atoms with Crippen molar-refractivity contribution in [1.82, 2.24) is 29.6 Å². The Labute approximate surface area is 228 Å². The molecule has 3 atom stereocenters. The Hall–Kier alpha value is -4.29. The lowest BCUT2D eigenvalue weighted by Gasteiger charge is -2.22. The highest BCUT2D eigenvalue weighted by Gasteiger charge is 2.59. The second kappa shape index (κ2) is 9.72. The normalized spacial score (nSPS) is 19.9. The van der Waals surface area contributed by atoms with Crippen LogP contribution in [-0.2, 0) is 12.1 Å². The van der Waals surface area contributed by atoms with Gasteiger partial charge in [0.15, 0.2) is 11.6 Å². The van der Waals surface area contributed by atoms with Gasteiger partial charge in [-0.3, -0.25) is 4.79 Å². The predicted octanol–water partition coefficient (Wildman–Crippen LogP) is 2.84. The molecule has 1 aliphatic carbocycles. The Morgan fingerprint density at radius 3 is 2.50 bits per heavy atom. The van der Waals surface area contributed by atoms with E-state index in [4.69, 9.17) is 10.5 Å². The van der Waals surface area contributed by atoms with Gasteiger partial charge in [0.1, 0.15) is 11.8 Å². The molecular weight excluding hydrogens is 520 g/mol. The molecule has 6 rings (SSSR count). The molecule has 1 amide bonds. The molecule has 3 N–H and O–H groups in total. The quantitative estimate of drug-likeness (QED) is 0.361. The average Bonchev–Trinajstić information content (AvgIpc) is 3.28. The highest BCUT2D eigenvalue weighted by Crippen LogP contribution is 2.48. The van der Waals surface area contributed by atoms with Gasteiger partial charge in [0.05, 0.1) is 17.9 Å². The van der Waals surface area contributed by atoms with Crippen LogP contribution in [0.25, 0.3) is 17.2 Å². The number of nitrogens with zero attached hydrogens (tertiary/aromatic N) is 6. The van der Waals surface area contributed by atoms with E-state index in [1.165, 1.54) is 16.9 Å². The van der Waals surface area contributed by atoms with Gasteiger partial charge in [0.25, 0.3) is 5.91 Å². The monoisotopic (exact) mass is 547 g/mol. The smallest absolute Gasteiger partial charge is 0.257 e. The van der Waals surface area contributed by atoms with Gasteiger partial charge >= 0.3 is 0 Å². The summed E-state index contributed by atoms with van der Waals surface area (Å²) < 4.78 is 35.0. The number of amides is 1. The predicted molar refractivity (Wildman–Crippen MR) is 139 cm³/mol. The van der Waals surface area contributed by atoms with E-state index in [2.05, 4.69) is 20.1 Å². The molecule has 0 radical (unpaired) electrons. The topological polar surface area (TPSA) is 132 Å². The SMILES string of the molecule is CC(C)(N)c1cc(O[C@@H]2C3CN(C(=O)c4cn(-c5ncccn5)nc4CO)C[C@H]32)nc(-c2ccc(F)c(F)c2)c1. The molecule has 1 saturated carbocycles. The summed E-state index contributed by atoms with van der Waals surface area (Å²) in [6.45, 7) is 4.23. The first-order valence-electron chi connectivity index (χ1n) is 12.8. The number of fused-ring (bicyclic) bond motifs is 1. The zero-order chi connectivity index (χ0) is 28.2. The summed E-state index contributed by atoms with van der Waals surface area (Å²) in [5, 5.41) is 14.1. The molecular formula is C28H27F2N7O3. The number of pyridine rings is 1. The number of ether oxygens (including phenoxy) is 1. The number of piperidine rings is 1. The van der Waals surface area contributed by atoms with Crippen LogP contribution in [0.3, 0.4) is 0 Å². The highest BCUT2D eigenvalue weighted by molar-refractivity contribution is 5.95. The van der Waals surface area contributed by atoms with Gasteiger partial charge < -0.3 is 20.5 Å².